The topological polar surface area (TPSA) is 55.0 Å². The molecule has 4 nitrogen and oxygen atoms in total. The first-order valence-electron chi connectivity index (χ1n) is 6.60. The van der Waals surface area contributed by atoms with Gasteiger partial charge in [0, 0.05) is 24.8 Å². The Bertz CT molecular complexity index is 562. The van der Waals surface area contributed by atoms with Gasteiger partial charge >= 0.3 is 0 Å². The maximum atomic E-state index is 6.09. The number of benzene rings is 1. The van der Waals surface area contributed by atoms with Crippen LogP contribution in [0.3, 0.4) is 0 Å². The summed E-state index contributed by atoms with van der Waals surface area (Å²) in [7, 11) is 0. The van der Waals surface area contributed by atoms with Crippen LogP contribution in [0.2, 0.25) is 0 Å². The van der Waals surface area contributed by atoms with Crippen molar-refractivity contribution < 1.29 is 0 Å². The van der Waals surface area contributed by atoms with Crippen LogP contribution in [0.1, 0.15) is 19.4 Å². The van der Waals surface area contributed by atoms with Gasteiger partial charge in [0.05, 0.1) is 0 Å². The second kappa shape index (κ2) is 5.69. The Labute approximate surface area is 114 Å². The van der Waals surface area contributed by atoms with Crippen LogP contribution in [0, 0.1) is 6.92 Å². The number of hydrogen-bond acceptors (Lipinski definition) is 4. The van der Waals surface area contributed by atoms with Crippen LogP contribution in [0.25, 0.3) is 11.1 Å². The van der Waals surface area contributed by atoms with Crippen molar-refractivity contribution in [2.45, 2.75) is 20.8 Å². The largest absolute Gasteiger partial charge is 0.383 e. The van der Waals surface area contributed by atoms with Crippen LogP contribution in [0.4, 0.5) is 11.8 Å². The van der Waals surface area contributed by atoms with Crippen molar-refractivity contribution in [1.82, 2.24) is 9.97 Å². The molecule has 1 heterocycles. The van der Waals surface area contributed by atoms with Crippen molar-refractivity contribution in [3.63, 3.8) is 0 Å². The van der Waals surface area contributed by atoms with E-state index in [1.807, 2.05) is 24.4 Å². The normalized spacial score (nSPS) is 10.5. The number of nitrogen functional groups attached to an aromatic ring is 1. The van der Waals surface area contributed by atoms with Crippen LogP contribution in [0.5, 0.6) is 0 Å². The van der Waals surface area contributed by atoms with Crippen molar-refractivity contribution in [2.24, 2.45) is 0 Å². The molecule has 0 fully saturated rings. The van der Waals surface area contributed by atoms with E-state index >= 15 is 0 Å². The van der Waals surface area contributed by atoms with Crippen molar-refractivity contribution in [2.75, 3.05) is 23.7 Å². The third-order valence-corrected chi connectivity index (χ3v) is 3.29. The lowest BCUT2D eigenvalue weighted by Gasteiger charge is -2.19. The molecule has 0 saturated heterocycles. The van der Waals surface area contributed by atoms with Gasteiger partial charge in [-0.25, -0.2) is 4.98 Å². The molecule has 0 spiro atoms. The second-order valence-corrected chi connectivity index (χ2v) is 4.46. The molecule has 0 saturated carbocycles. The molecule has 0 radical (unpaired) electrons. The molecule has 0 atom stereocenters. The maximum absolute atomic E-state index is 6.09. The molecule has 1 aromatic carbocycles. The molecular weight excluding hydrogens is 236 g/mol. The fourth-order valence-electron chi connectivity index (χ4n) is 2.13. The van der Waals surface area contributed by atoms with Crippen LogP contribution < -0.4 is 10.6 Å². The highest BCUT2D eigenvalue weighted by Crippen LogP contribution is 2.27. The number of nitrogens with two attached hydrogens (primary N) is 1. The Morgan fingerprint density at radius 3 is 2.37 bits per heavy atom. The molecule has 100 valence electrons. The molecule has 0 aliphatic carbocycles. The van der Waals surface area contributed by atoms with E-state index in [1.165, 1.54) is 5.56 Å². The Hall–Kier alpha value is -2.10. The van der Waals surface area contributed by atoms with Crippen molar-refractivity contribution in [1.29, 1.82) is 0 Å². The van der Waals surface area contributed by atoms with E-state index in [0.29, 0.717) is 11.8 Å². The minimum atomic E-state index is 0.534. The van der Waals surface area contributed by atoms with Crippen molar-refractivity contribution in [3.8, 4) is 11.1 Å². The third kappa shape index (κ3) is 2.67. The van der Waals surface area contributed by atoms with E-state index in [-0.39, 0.29) is 0 Å². The van der Waals surface area contributed by atoms with Gasteiger partial charge in [0.25, 0.3) is 0 Å². The first-order valence-corrected chi connectivity index (χ1v) is 6.60. The van der Waals surface area contributed by atoms with E-state index in [0.717, 1.165) is 24.2 Å². The van der Waals surface area contributed by atoms with Gasteiger partial charge in [-0.05, 0) is 31.9 Å². The second-order valence-electron chi connectivity index (χ2n) is 4.46. The predicted octanol–water partition coefficient (Wildman–Crippen LogP) is 2.88. The van der Waals surface area contributed by atoms with Gasteiger partial charge in [-0.3, -0.25) is 0 Å². The van der Waals surface area contributed by atoms with Gasteiger partial charge in [0.2, 0.25) is 5.95 Å². The molecule has 0 aliphatic rings. The zero-order chi connectivity index (χ0) is 13.8. The molecule has 0 aliphatic heterocycles. The third-order valence-electron chi connectivity index (χ3n) is 3.29. The fraction of sp³-hybridized carbons (Fsp3) is 0.333. The number of aryl methyl sites for hydroxylation is 1. The summed E-state index contributed by atoms with van der Waals surface area (Å²) in [5, 5.41) is 0. The van der Waals surface area contributed by atoms with Crippen LogP contribution in [-0.2, 0) is 0 Å². The van der Waals surface area contributed by atoms with E-state index < -0.39 is 0 Å². The average molecular weight is 256 g/mol. The highest BCUT2D eigenvalue weighted by Gasteiger charge is 2.11. The van der Waals surface area contributed by atoms with Crippen LogP contribution in [-0.4, -0.2) is 23.1 Å². The Kier molecular flexibility index (Phi) is 4.00. The lowest BCUT2D eigenvalue weighted by molar-refractivity contribution is 0.823. The van der Waals surface area contributed by atoms with Gasteiger partial charge in [0.15, 0.2) is 0 Å². The van der Waals surface area contributed by atoms with Gasteiger partial charge in [0.1, 0.15) is 5.82 Å². The molecule has 2 rings (SSSR count). The van der Waals surface area contributed by atoms with Gasteiger partial charge in [-0.15, -0.1) is 0 Å². The highest BCUT2D eigenvalue weighted by molar-refractivity contribution is 5.76. The fourth-order valence-corrected chi connectivity index (χ4v) is 2.13. The van der Waals surface area contributed by atoms with Gasteiger partial charge in [-0.2, -0.15) is 4.98 Å². The highest BCUT2D eigenvalue weighted by atomic mass is 15.2. The number of rotatable bonds is 4. The standard InChI is InChI=1S/C15H20N4/c1-4-19(5-2)15-17-10-13(14(16)18-15)12-9-7-6-8-11(12)3/h6-10H,4-5H2,1-3H3,(H2,16,17,18). The number of nitrogens with zero attached hydrogens (tertiary/aromatic N) is 3. The molecule has 0 unspecified atom stereocenters. The number of hydrogen-bond donors (Lipinski definition) is 1. The minimum Gasteiger partial charge on any atom is -0.383 e. The summed E-state index contributed by atoms with van der Waals surface area (Å²) in [5.41, 5.74) is 9.25. The van der Waals surface area contributed by atoms with Crippen LogP contribution in [0.15, 0.2) is 30.5 Å². The monoisotopic (exact) mass is 256 g/mol. The molecule has 2 aromatic rings. The SMILES string of the molecule is CCN(CC)c1ncc(-c2ccccc2C)c(N)n1. The predicted molar refractivity (Wildman–Crippen MR) is 80.2 cm³/mol. The van der Waals surface area contributed by atoms with Gasteiger partial charge in [-0.1, -0.05) is 24.3 Å². The Morgan fingerprint density at radius 1 is 1.11 bits per heavy atom. The lowest BCUT2D eigenvalue weighted by atomic mass is 10.0. The van der Waals surface area contributed by atoms with E-state index in [2.05, 4.69) is 41.7 Å². The van der Waals surface area contributed by atoms with Gasteiger partial charge < -0.3 is 10.6 Å². The van der Waals surface area contributed by atoms with Crippen molar-refractivity contribution in [3.05, 3.63) is 36.0 Å². The first-order chi connectivity index (χ1) is 9.17. The quantitative estimate of drug-likeness (QED) is 0.914. The molecular formula is C15H20N4. The summed E-state index contributed by atoms with van der Waals surface area (Å²) >= 11 is 0. The van der Waals surface area contributed by atoms with Crippen LogP contribution >= 0.6 is 0 Å². The summed E-state index contributed by atoms with van der Waals surface area (Å²) in [6.07, 6.45) is 1.82. The summed E-state index contributed by atoms with van der Waals surface area (Å²) < 4.78 is 0. The lowest BCUT2D eigenvalue weighted by Crippen LogP contribution is -2.24. The minimum absolute atomic E-state index is 0.534. The molecule has 0 amide bonds. The number of anilines is 2. The van der Waals surface area contributed by atoms with Crippen molar-refractivity contribution >= 4 is 11.8 Å². The molecule has 4 heteroatoms. The maximum Gasteiger partial charge on any atom is 0.227 e. The number of aromatic nitrogens is 2. The summed E-state index contributed by atoms with van der Waals surface area (Å²) in [6.45, 7) is 7.98. The molecule has 19 heavy (non-hydrogen) atoms. The zero-order valence-electron chi connectivity index (χ0n) is 11.7. The molecule has 2 N–H and O–H groups in total. The summed E-state index contributed by atoms with van der Waals surface area (Å²) in [4.78, 5) is 10.9. The smallest absolute Gasteiger partial charge is 0.227 e. The van der Waals surface area contributed by atoms with E-state index in [1.54, 1.807) is 0 Å². The first kappa shape index (κ1) is 13.3. The molecule has 0 bridgehead atoms. The summed E-state index contributed by atoms with van der Waals surface area (Å²) in [5.74, 6) is 1.23. The Balaban J connectivity index is 2.43. The zero-order valence-corrected chi connectivity index (χ0v) is 11.7. The van der Waals surface area contributed by atoms with E-state index in [4.69, 9.17) is 5.73 Å². The molecule has 1 aromatic heterocycles. The summed E-state index contributed by atoms with van der Waals surface area (Å²) in [6, 6.07) is 8.12. The average Bonchev–Trinajstić information content (AvgIpc) is 2.41. The van der Waals surface area contributed by atoms with E-state index in [9.17, 15) is 0 Å². The Morgan fingerprint density at radius 2 is 1.79 bits per heavy atom.